The van der Waals surface area contributed by atoms with Crippen LogP contribution in [0.4, 0.5) is 0 Å². The number of H-pyrrole nitrogens is 1. The minimum Gasteiger partial charge on any atom is -0.497 e. The SMILES string of the molecule is COc1cccc(CNC(=O)c2nc3nc(C)cc(=O)n3[nH]2)c1. The molecule has 0 saturated carbocycles. The fraction of sp³-hybridized carbons (Fsp3) is 0.200. The summed E-state index contributed by atoms with van der Waals surface area (Å²) in [5.74, 6) is 0.492. The number of benzene rings is 1. The number of aromatic nitrogens is 4. The topological polar surface area (TPSA) is 101 Å². The van der Waals surface area contributed by atoms with Crippen molar-refractivity contribution < 1.29 is 9.53 Å². The van der Waals surface area contributed by atoms with Crippen LogP contribution in [-0.4, -0.2) is 32.6 Å². The summed E-state index contributed by atoms with van der Waals surface area (Å²) in [5.41, 5.74) is 1.12. The first-order valence-electron chi connectivity index (χ1n) is 6.94. The molecule has 0 spiro atoms. The van der Waals surface area contributed by atoms with Crippen molar-refractivity contribution in [1.29, 1.82) is 0 Å². The summed E-state index contributed by atoms with van der Waals surface area (Å²) >= 11 is 0. The van der Waals surface area contributed by atoms with Crippen molar-refractivity contribution in [3.05, 3.63) is 57.8 Å². The van der Waals surface area contributed by atoms with Crippen LogP contribution in [0.15, 0.2) is 35.1 Å². The minimum absolute atomic E-state index is 0.0306. The lowest BCUT2D eigenvalue weighted by atomic mass is 10.2. The molecule has 0 aliphatic heterocycles. The maximum Gasteiger partial charge on any atom is 0.288 e. The number of aromatic amines is 1. The third-order valence-electron chi connectivity index (χ3n) is 3.26. The molecule has 0 fully saturated rings. The van der Waals surface area contributed by atoms with Crippen LogP contribution in [0.5, 0.6) is 5.75 Å². The standard InChI is InChI=1S/C15H15N5O3/c1-9-6-12(21)20-15(17-9)18-13(19-20)14(22)16-8-10-4-3-5-11(7-10)23-2/h3-7H,8H2,1-2H3,(H,16,22)(H,17,18,19). The van der Waals surface area contributed by atoms with E-state index in [1.165, 1.54) is 6.07 Å². The predicted octanol–water partition coefficient (Wildman–Crippen LogP) is 0.665. The second-order valence-corrected chi connectivity index (χ2v) is 4.98. The molecule has 0 atom stereocenters. The van der Waals surface area contributed by atoms with E-state index in [4.69, 9.17) is 4.74 Å². The zero-order chi connectivity index (χ0) is 16.4. The Hall–Kier alpha value is -3.16. The predicted molar refractivity (Wildman–Crippen MR) is 82.5 cm³/mol. The van der Waals surface area contributed by atoms with E-state index in [1.807, 2.05) is 24.3 Å². The third-order valence-corrected chi connectivity index (χ3v) is 3.26. The van der Waals surface area contributed by atoms with Gasteiger partial charge >= 0.3 is 0 Å². The van der Waals surface area contributed by atoms with E-state index in [1.54, 1.807) is 14.0 Å². The highest BCUT2D eigenvalue weighted by Gasteiger charge is 2.13. The van der Waals surface area contributed by atoms with Crippen LogP contribution in [0.25, 0.3) is 5.78 Å². The van der Waals surface area contributed by atoms with Gasteiger partial charge in [0.05, 0.1) is 7.11 Å². The van der Waals surface area contributed by atoms with Crippen molar-refractivity contribution in [2.24, 2.45) is 0 Å². The summed E-state index contributed by atoms with van der Waals surface area (Å²) in [5, 5.41) is 5.37. The van der Waals surface area contributed by atoms with Gasteiger partial charge in [0, 0.05) is 18.3 Å². The van der Waals surface area contributed by atoms with E-state index in [0.717, 1.165) is 10.1 Å². The van der Waals surface area contributed by atoms with Gasteiger partial charge in [0.1, 0.15) is 5.75 Å². The van der Waals surface area contributed by atoms with E-state index in [0.29, 0.717) is 18.0 Å². The van der Waals surface area contributed by atoms with Crippen molar-refractivity contribution in [3.8, 4) is 5.75 Å². The molecule has 2 N–H and O–H groups in total. The number of nitrogens with zero attached hydrogens (tertiary/aromatic N) is 3. The largest absolute Gasteiger partial charge is 0.497 e. The lowest BCUT2D eigenvalue weighted by Crippen LogP contribution is -2.24. The number of hydrogen-bond donors (Lipinski definition) is 2. The lowest BCUT2D eigenvalue weighted by Gasteiger charge is -2.05. The summed E-state index contributed by atoms with van der Waals surface area (Å²) in [6.45, 7) is 2.01. The molecule has 0 aliphatic carbocycles. The van der Waals surface area contributed by atoms with Gasteiger partial charge in [-0.05, 0) is 24.6 Å². The average molecular weight is 313 g/mol. The van der Waals surface area contributed by atoms with Crippen molar-refractivity contribution in [1.82, 2.24) is 24.9 Å². The lowest BCUT2D eigenvalue weighted by molar-refractivity contribution is 0.0940. The first kappa shape index (κ1) is 14.8. The first-order chi connectivity index (χ1) is 11.1. The molecule has 2 heterocycles. The maximum atomic E-state index is 12.2. The van der Waals surface area contributed by atoms with Crippen LogP contribution >= 0.6 is 0 Å². The highest BCUT2D eigenvalue weighted by molar-refractivity contribution is 5.90. The summed E-state index contributed by atoms with van der Waals surface area (Å²) in [4.78, 5) is 32.1. The van der Waals surface area contributed by atoms with Crippen LogP contribution in [0, 0.1) is 6.92 Å². The number of fused-ring (bicyclic) bond motifs is 1. The highest BCUT2D eigenvalue weighted by Crippen LogP contribution is 2.12. The molecule has 0 saturated heterocycles. The van der Waals surface area contributed by atoms with E-state index < -0.39 is 5.91 Å². The molecule has 1 aromatic carbocycles. The monoisotopic (exact) mass is 313 g/mol. The molecule has 8 heteroatoms. The van der Waals surface area contributed by atoms with Crippen molar-refractivity contribution in [2.75, 3.05) is 7.11 Å². The summed E-state index contributed by atoms with van der Waals surface area (Å²) in [6.07, 6.45) is 0. The molecule has 0 unspecified atom stereocenters. The fourth-order valence-corrected chi connectivity index (χ4v) is 2.14. The molecule has 0 bridgehead atoms. The number of methoxy groups -OCH3 is 1. The van der Waals surface area contributed by atoms with Crippen LogP contribution in [0.3, 0.4) is 0 Å². The van der Waals surface area contributed by atoms with E-state index in [2.05, 4.69) is 20.4 Å². The van der Waals surface area contributed by atoms with Gasteiger partial charge in [-0.2, -0.15) is 9.50 Å². The van der Waals surface area contributed by atoms with Crippen LogP contribution in [0.2, 0.25) is 0 Å². The molecule has 8 nitrogen and oxygen atoms in total. The van der Waals surface area contributed by atoms with Gasteiger partial charge in [-0.15, -0.1) is 0 Å². The summed E-state index contributed by atoms with van der Waals surface area (Å²) < 4.78 is 6.27. The van der Waals surface area contributed by atoms with Crippen molar-refractivity contribution in [3.63, 3.8) is 0 Å². The second kappa shape index (κ2) is 5.91. The molecule has 3 aromatic rings. The molecule has 23 heavy (non-hydrogen) atoms. The average Bonchev–Trinajstić information content (AvgIpc) is 2.97. The number of rotatable bonds is 4. The number of carbonyl (C=O) groups is 1. The maximum absolute atomic E-state index is 12.2. The Bertz CT molecular complexity index is 928. The normalized spacial score (nSPS) is 10.7. The van der Waals surface area contributed by atoms with Crippen LogP contribution in [0.1, 0.15) is 21.9 Å². The first-order valence-corrected chi connectivity index (χ1v) is 6.94. The zero-order valence-electron chi connectivity index (χ0n) is 12.7. The Balaban J connectivity index is 1.78. The van der Waals surface area contributed by atoms with Gasteiger partial charge in [-0.1, -0.05) is 12.1 Å². The minimum atomic E-state index is -0.421. The molecule has 2 aromatic heterocycles. The molecule has 0 aliphatic rings. The molecule has 0 radical (unpaired) electrons. The zero-order valence-corrected chi connectivity index (χ0v) is 12.7. The Morgan fingerprint density at radius 3 is 2.96 bits per heavy atom. The highest BCUT2D eigenvalue weighted by atomic mass is 16.5. The number of nitrogens with one attached hydrogen (secondary N) is 2. The van der Waals surface area contributed by atoms with Gasteiger partial charge < -0.3 is 10.1 Å². The molecular weight excluding hydrogens is 298 g/mol. The Kier molecular flexibility index (Phi) is 3.80. The molecule has 118 valence electrons. The Morgan fingerprint density at radius 2 is 2.17 bits per heavy atom. The van der Waals surface area contributed by atoms with E-state index >= 15 is 0 Å². The van der Waals surface area contributed by atoms with Crippen molar-refractivity contribution in [2.45, 2.75) is 13.5 Å². The number of aryl methyl sites for hydroxylation is 1. The molecule has 3 rings (SSSR count). The second-order valence-electron chi connectivity index (χ2n) is 4.98. The van der Waals surface area contributed by atoms with Gasteiger partial charge in [0.15, 0.2) is 0 Å². The number of amides is 1. The third kappa shape index (κ3) is 3.05. The van der Waals surface area contributed by atoms with Gasteiger partial charge in [0.2, 0.25) is 5.82 Å². The van der Waals surface area contributed by atoms with Gasteiger partial charge in [-0.25, -0.2) is 4.98 Å². The molecular formula is C15H15N5O3. The number of carbonyl (C=O) groups excluding carboxylic acids is 1. The quantitative estimate of drug-likeness (QED) is 0.737. The molecule has 1 amide bonds. The van der Waals surface area contributed by atoms with Crippen molar-refractivity contribution >= 4 is 11.7 Å². The van der Waals surface area contributed by atoms with Crippen LogP contribution in [-0.2, 0) is 6.54 Å². The fourth-order valence-electron chi connectivity index (χ4n) is 2.14. The van der Waals surface area contributed by atoms with E-state index in [9.17, 15) is 9.59 Å². The summed E-state index contributed by atoms with van der Waals surface area (Å²) in [6, 6.07) is 8.73. The smallest absolute Gasteiger partial charge is 0.288 e. The Labute approximate surface area is 131 Å². The van der Waals surface area contributed by atoms with Gasteiger partial charge in [-0.3, -0.25) is 14.7 Å². The summed E-state index contributed by atoms with van der Waals surface area (Å²) in [7, 11) is 1.58. The van der Waals surface area contributed by atoms with Crippen LogP contribution < -0.4 is 15.6 Å². The number of hydrogen-bond acceptors (Lipinski definition) is 5. The Morgan fingerprint density at radius 1 is 1.35 bits per heavy atom. The number of ether oxygens (including phenoxy) is 1. The van der Waals surface area contributed by atoms with Gasteiger partial charge in [0.25, 0.3) is 17.2 Å². The van der Waals surface area contributed by atoms with E-state index in [-0.39, 0.29) is 17.2 Å².